The van der Waals surface area contributed by atoms with Crippen molar-refractivity contribution in [1.82, 2.24) is 15.2 Å². The van der Waals surface area contributed by atoms with Gasteiger partial charge in [-0.1, -0.05) is 6.07 Å². The van der Waals surface area contributed by atoms with Crippen LogP contribution in [-0.4, -0.2) is 41.3 Å². The fourth-order valence-electron chi connectivity index (χ4n) is 3.16. The molecule has 0 atom stereocenters. The van der Waals surface area contributed by atoms with Crippen molar-refractivity contribution in [1.29, 1.82) is 0 Å². The Hall–Kier alpha value is -2.77. The van der Waals surface area contributed by atoms with Gasteiger partial charge in [-0.25, -0.2) is 13.8 Å². The molecule has 27 heavy (non-hydrogen) atoms. The van der Waals surface area contributed by atoms with E-state index in [-0.39, 0.29) is 24.2 Å². The highest BCUT2D eigenvalue weighted by Gasteiger charge is 2.26. The second-order valence-electron chi connectivity index (χ2n) is 6.72. The van der Waals surface area contributed by atoms with Crippen LogP contribution in [0.5, 0.6) is 0 Å². The predicted octanol–water partition coefficient (Wildman–Crippen LogP) is 2.47. The van der Waals surface area contributed by atoms with Crippen molar-refractivity contribution in [2.75, 3.05) is 19.6 Å². The third-order valence-corrected chi connectivity index (χ3v) is 4.79. The molecular weight excluding hydrogens is 356 g/mol. The number of nitrogens with one attached hydrogen (secondary N) is 1. The van der Waals surface area contributed by atoms with Gasteiger partial charge < -0.3 is 14.6 Å². The molecule has 1 aliphatic heterocycles. The van der Waals surface area contributed by atoms with Gasteiger partial charge in [-0.2, -0.15) is 0 Å². The van der Waals surface area contributed by atoms with E-state index < -0.39 is 11.6 Å². The van der Waals surface area contributed by atoms with E-state index in [1.807, 2.05) is 0 Å². The van der Waals surface area contributed by atoms with Gasteiger partial charge in [-0.05, 0) is 43.4 Å². The van der Waals surface area contributed by atoms with Crippen LogP contribution in [0.2, 0.25) is 0 Å². The SMILES string of the molecule is Cc1ocnc1C(=O)N1CCC(CNC(=O)Cc2ccc(F)c(F)c2)CC1. The Balaban J connectivity index is 1.42. The van der Waals surface area contributed by atoms with Crippen molar-refractivity contribution in [3.8, 4) is 0 Å². The smallest absolute Gasteiger partial charge is 0.276 e. The van der Waals surface area contributed by atoms with Crippen molar-refractivity contribution in [3.63, 3.8) is 0 Å². The number of carbonyl (C=O) groups is 2. The maximum atomic E-state index is 13.2. The number of aromatic nitrogens is 1. The molecular formula is C19H21F2N3O3. The minimum absolute atomic E-state index is 0.0000331. The lowest BCUT2D eigenvalue weighted by molar-refractivity contribution is -0.120. The van der Waals surface area contributed by atoms with Gasteiger partial charge in [0.1, 0.15) is 5.76 Å². The van der Waals surface area contributed by atoms with Gasteiger partial charge in [0.15, 0.2) is 23.7 Å². The molecule has 3 rings (SSSR count). The van der Waals surface area contributed by atoms with Gasteiger partial charge in [-0.15, -0.1) is 0 Å². The number of piperidine rings is 1. The van der Waals surface area contributed by atoms with Gasteiger partial charge >= 0.3 is 0 Å². The molecule has 1 saturated heterocycles. The van der Waals surface area contributed by atoms with Crippen LogP contribution in [0.1, 0.15) is 34.7 Å². The molecule has 2 heterocycles. The van der Waals surface area contributed by atoms with Crippen LogP contribution in [-0.2, 0) is 11.2 Å². The van der Waals surface area contributed by atoms with Crippen LogP contribution in [0.3, 0.4) is 0 Å². The van der Waals surface area contributed by atoms with Crippen molar-refractivity contribution >= 4 is 11.8 Å². The molecule has 0 spiro atoms. The summed E-state index contributed by atoms with van der Waals surface area (Å²) in [6, 6.07) is 3.44. The first-order valence-corrected chi connectivity index (χ1v) is 8.84. The molecule has 0 aliphatic carbocycles. The summed E-state index contributed by atoms with van der Waals surface area (Å²) in [5, 5.41) is 2.83. The lowest BCUT2D eigenvalue weighted by Crippen LogP contribution is -2.42. The third kappa shape index (κ3) is 4.69. The van der Waals surface area contributed by atoms with E-state index in [4.69, 9.17) is 4.42 Å². The van der Waals surface area contributed by atoms with E-state index in [2.05, 4.69) is 10.3 Å². The van der Waals surface area contributed by atoms with Gasteiger partial charge in [0.2, 0.25) is 5.91 Å². The molecule has 1 fully saturated rings. The maximum absolute atomic E-state index is 13.2. The number of nitrogens with zero attached hydrogens (tertiary/aromatic N) is 2. The van der Waals surface area contributed by atoms with Crippen LogP contribution in [0.15, 0.2) is 29.0 Å². The molecule has 2 amide bonds. The van der Waals surface area contributed by atoms with Crippen LogP contribution in [0.4, 0.5) is 8.78 Å². The molecule has 1 N–H and O–H groups in total. The number of benzene rings is 1. The molecule has 1 aliphatic rings. The molecule has 0 bridgehead atoms. The number of amides is 2. The summed E-state index contributed by atoms with van der Waals surface area (Å²) in [6.45, 7) is 3.38. The zero-order chi connectivity index (χ0) is 19.4. The highest BCUT2D eigenvalue weighted by Crippen LogP contribution is 2.19. The number of hydrogen-bond acceptors (Lipinski definition) is 4. The van der Waals surface area contributed by atoms with E-state index in [9.17, 15) is 18.4 Å². The molecule has 2 aromatic rings. The Labute approximate surface area is 155 Å². The summed E-state index contributed by atoms with van der Waals surface area (Å²) in [5.41, 5.74) is 0.767. The summed E-state index contributed by atoms with van der Waals surface area (Å²) in [4.78, 5) is 30.1. The number of carbonyl (C=O) groups excluding carboxylic acids is 2. The fraction of sp³-hybridized carbons (Fsp3) is 0.421. The summed E-state index contributed by atoms with van der Waals surface area (Å²) < 4.78 is 31.2. The van der Waals surface area contributed by atoms with Crippen LogP contribution >= 0.6 is 0 Å². The van der Waals surface area contributed by atoms with Crippen molar-refractivity contribution in [3.05, 3.63) is 53.2 Å². The zero-order valence-electron chi connectivity index (χ0n) is 15.0. The van der Waals surface area contributed by atoms with Crippen molar-refractivity contribution < 1.29 is 22.8 Å². The fourth-order valence-corrected chi connectivity index (χ4v) is 3.16. The minimum atomic E-state index is -0.959. The Morgan fingerprint density at radius 1 is 1.26 bits per heavy atom. The van der Waals surface area contributed by atoms with Gasteiger partial charge in [-0.3, -0.25) is 9.59 Å². The molecule has 8 heteroatoms. The van der Waals surface area contributed by atoms with E-state index in [1.165, 1.54) is 12.5 Å². The summed E-state index contributed by atoms with van der Waals surface area (Å²) in [7, 11) is 0. The van der Waals surface area contributed by atoms with E-state index in [1.54, 1.807) is 11.8 Å². The number of rotatable bonds is 5. The largest absolute Gasteiger partial charge is 0.448 e. The van der Waals surface area contributed by atoms with E-state index >= 15 is 0 Å². The molecule has 1 aromatic carbocycles. The number of hydrogen-bond donors (Lipinski definition) is 1. The highest BCUT2D eigenvalue weighted by molar-refractivity contribution is 5.93. The first-order valence-electron chi connectivity index (χ1n) is 8.84. The van der Waals surface area contributed by atoms with Crippen molar-refractivity contribution in [2.45, 2.75) is 26.2 Å². The number of oxazole rings is 1. The highest BCUT2D eigenvalue weighted by atomic mass is 19.2. The summed E-state index contributed by atoms with van der Waals surface area (Å²) in [6.07, 6.45) is 2.81. The van der Waals surface area contributed by atoms with Crippen LogP contribution < -0.4 is 5.32 Å². The summed E-state index contributed by atoms with van der Waals surface area (Å²) >= 11 is 0. The average Bonchev–Trinajstić information content (AvgIpc) is 3.09. The normalized spacial score (nSPS) is 15.0. The molecule has 0 radical (unpaired) electrons. The van der Waals surface area contributed by atoms with Gasteiger partial charge in [0.25, 0.3) is 5.91 Å². The molecule has 0 saturated carbocycles. The number of likely N-dealkylation sites (tertiary alicyclic amines) is 1. The lowest BCUT2D eigenvalue weighted by Gasteiger charge is -2.31. The molecule has 0 unspecified atom stereocenters. The first kappa shape index (κ1) is 19.0. The lowest BCUT2D eigenvalue weighted by atomic mass is 9.96. The monoisotopic (exact) mass is 377 g/mol. The minimum Gasteiger partial charge on any atom is -0.448 e. The number of aryl methyl sites for hydroxylation is 1. The van der Waals surface area contributed by atoms with Gasteiger partial charge in [0.05, 0.1) is 6.42 Å². The Bertz CT molecular complexity index is 829. The Morgan fingerprint density at radius 2 is 2.00 bits per heavy atom. The third-order valence-electron chi connectivity index (χ3n) is 4.79. The Kier molecular flexibility index (Phi) is 5.83. The Morgan fingerprint density at radius 3 is 2.63 bits per heavy atom. The molecule has 6 nitrogen and oxygen atoms in total. The first-order chi connectivity index (χ1) is 12.9. The standard InChI is InChI=1S/C19H21F2N3O3/c1-12-18(23-11-27-12)19(26)24-6-4-13(5-7-24)10-22-17(25)9-14-2-3-15(20)16(21)8-14/h2-3,8,11,13H,4-7,9-10H2,1H3,(H,22,25). The maximum Gasteiger partial charge on any atom is 0.276 e. The van der Waals surface area contributed by atoms with E-state index in [0.29, 0.717) is 36.7 Å². The van der Waals surface area contributed by atoms with Gasteiger partial charge in [0, 0.05) is 19.6 Å². The quantitative estimate of drug-likeness (QED) is 0.869. The molecule has 1 aromatic heterocycles. The van der Waals surface area contributed by atoms with Crippen LogP contribution in [0.25, 0.3) is 0 Å². The predicted molar refractivity (Wildman–Crippen MR) is 92.9 cm³/mol. The topological polar surface area (TPSA) is 75.4 Å². The second-order valence-corrected chi connectivity index (χ2v) is 6.72. The average molecular weight is 377 g/mol. The summed E-state index contributed by atoms with van der Waals surface area (Å²) in [5.74, 6) is -1.49. The zero-order valence-corrected chi connectivity index (χ0v) is 15.0. The second kappa shape index (κ2) is 8.28. The van der Waals surface area contributed by atoms with Crippen molar-refractivity contribution in [2.24, 2.45) is 5.92 Å². The molecule has 144 valence electrons. The van der Waals surface area contributed by atoms with E-state index in [0.717, 1.165) is 25.0 Å². The van der Waals surface area contributed by atoms with Crippen LogP contribution in [0, 0.1) is 24.5 Å². The number of halogens is 2.